The molecule has 1 N–H and O–H groups in total. The van der Waals surface area contributed by atoms with Gasteiger partial charge in [0.05, 0.1) is 6.54 Å². The molecule has 1 saturated heterocycles. The van der Waals surface area contributed by atoms with Gasteiger partial charge in [0.25, 0.3) is 0 Å². The summed E-state index contributed by atoms with van der Waals surface area (Å²) >= 11 is 0. The van der Waals surface area contributed by atoms with Crippen LogP contribution in [-0.2, 0) is 4.79 Å². The first-order valence-corrected chi connectivity index (χ1v) is 6.37. The zero-order chi connectivity index (χ0) is 12.0. The van der Waals surface area contributed by atoms with Crippen molar-refractivity contribution in [3.63, 3.8) is 0 Å². The Kier molecular flexibility index (Phi) is 5.77. The Morgan fingerprint density at radius 1 is 1.25 bits per heavy atom. The highest BCUT2D eigenvalue weighted by Crippen LogP contribution is 2.03. The molecule has 16 heavy (non-hydrogen) atoms. The summed E-state index contributed by atoms with van der Waals surface area (Å²) in [7, 11) is 2.04. The molecule has 1 fully saturated rings. The monoisotopic (exact) mass is 227 g/mol. The molecule has 0 aliphatic carbocycles. The molecule has 0 atom stereocenters. The third-order valence-corrected chi connectivity index (χ3v) is 3.11. The van der Waals surface area contributed by atoms with E-state index in [4.69, 9.17) is 0 Å². The Balaban J connectivity index is 2.34. The number of nitrogens with zero attached hydrogens (tertiary/aromatic N) is 2. The Morgan fingerprint density at radius 3 is 2.19 bits per heavy atom. The third-order valence-electron chi connectivity index (χ3n) is 3.11. The lowest BCUT2D eigenvalue weighted by atomic mass is 10.1. The quantitative estimate of drug-likeness (QED) is 0.689. The number of hydrogen-bond donors (Lipinski definition) is 1. The second kappa shape index (κ2) is 6.86. The smallest absolute Gasteiger partial charge is 0.236 e. The largest absolute Gasteiger partial charge is 0.342 e. The molecule has 0 spiro atoms. The van der Waals surface area contributed by atoms with E-state index in [1.54, 1.807) is 0 Å². The van der Waals surface area contributed by atoms with Crippen LogP contribution in [0.15, 0.2) is 0 Å². The number of likely N-dealkylation sites (N-methyl/N-ethyl adjacent to an activating group) is 1. The van der Waals surface area contributed by atoms with Gasteiger partial charge >= 0.3 is 0 Å². The SMILES string of the molecule is CCCN(CCC)C(=O)CN(C)C1CNC1. The maximum atomic E-state index is 12.0. The molecule has 0 aromatic rings. The molecule has 0 radical (unpaired) electrons. The number of rotatable bonds is 7. The molecule has 0 unspecified atom stereocenters. The summed E-state index contributed by atoms with van der Waals surface area (Å²) < 4.78 is 0. The molecule has 0 bridgehead atoms. The molecular weight excluding hydrogens is 202 g/mol. The first-order chi connectivity index (χ1) is 7.69. The highest BCUT2D eigenvalue weighted by Gasteiger charge is 2.24. The van der Waals surface area contributed by atoms with Gasteiger partial charge in [-0.3, -0.25) is 9.69 Å². The van der Waals surface area contributed by atoms with Crippen molar-refractivity contribution in [3.05, 3.63) is 0 Å². The topological polar surface area (TPSA) is 35.6 Å². The van der Waals surface area contributed by atoms with Gasteiger partial charge in [0.2, 0.25) is 5.91 Å². The molecule has 1 heterocycles. The van der Waals surface area contributed by atoms with Crippen LogP contribution in [0.5, 0.6) is 0 Å². The van der Waals surface area contributed by atoms with Gasteiger partial charge < -0.3 is 10.2 Å². The Morgan fingerprint density at radius 2 is 1.81 bits per heavy atom. The normalized spacial score (nSPS) is 16.2. The summed E-state index contributed by atoms with van der Waals surface area (Å²) in [5, 5.41) is 3.23. The lowest BCUT2D eigenvalue weighted by molar-refractivity contribution is -0.132. The van der Waals surface area contributed by atoms with E-state index in [1.165, 1.54) is 0 Å². The maximum absolute atomic E-state index is 12.0. The van der Waals surface area contributed by atoms with E-state index in [-0.39, 0.29) is 5.91 Å². The average molecular weight is 227 g/mol. The first kappa shape index (κ1) is 13.5. The molecular formula is C12H25N3O. The predicted molar refractivity (Wildman–Crippen MR) is 66.4 cm³/mol. The highest BCUT2D eigenvalue weighted by atomic mass is 16.2. The lowest BCUT2D eigenvalue weighted by Crippen LogP contribution is -2.57. The van der Waals surface area contributed by atoms with Crippen LogP contribution < -0.4 is 5.32 Å². The molecule has 1 rings (SSSR count). The molecule has 0 aromatic carbocycles. The van der Waals surface area contributed by atoms with E-state index in [9.17, 15) is 4.79 Å². The van der Waals surface area contributed by atoms with Crippen molar-refractivity contribution in [2.45, 2.75) is 32.7 Å². The van der Waals surface area contributed by atoms with E-state index in [0.29, 0.717) is 12.6 Å². The van der Waals surface area contributed by atoms with Gasteiger partial charge in [-0.25, -0.2) is 0 Å². The van der Waals surface area contributed by atoms with Gasteiger partial charge in [0.1, 0.15) is 0 Å². The van der Waals surface area contributed by atoms with Crippen molar-refractivity contribution in [1.29, 1.82) is 0 Å². The van der Waals surface area contributed by atoms with E-state index in [2.05, 4.69) is 24.1 Å². The van der Waals surface area contributed by atoms with E-state index < -0.39 is 0 Å². The van der Waals surface area contributed by atoms with Gasteiger partial charge in [-0.15, -0.1) is 0 Å². The summed E-state index contributed by atoms with van der Waals surface area (Å²) in [5.74, 6) is 0.276. The van der Waals surface area contributed by atoms with Gasteiger partial charge in [-0.1, -0.05) is 13.8 Å². The van der Waals surface area contributed by atoms with E-state index in [0.717, 1.165) is 39.0 Å². The fourth-order valence-corrected chi connectivity index (χ4v) is 1.93. The van der Waals surface area contributed by atoms with E-state index >= 15 is 0 Å². The summed E-state index contributed by atoms with van der Waals surface area (Å²) in [6.45, 7) is 8.63. The van der Waals surface area contributed by atoms with Crippen molar-refractivity contribution >= 4 is 5.91 Å². The van der Waals surface area contributed by atoms with Crippen molar-refractivity contribution in [2.24, 2.45) is 0 Å². The first-order valence-electron chi connectivity index (χ1n) is 6.37. The molecule has 0 aromatic heterocycles. The zero-order valence-corrected chi connectivity index (χ0v) is 10.8. The van der Waals surface area contributed by atoms with Gasteiger partial charge in [0.15, 0.2) is 0 Å². The van der Waals surface area contributed by atoms with Crippen molar-refractivity contribution in [1.82, 2.24) is 15.1 Å². The van der Waals surface area contributed by atoms with Crippen LogP contribution in [0.25, 0.3) is 0 Å². The summed E-state index contributed by atoms with van der Waals surface area (Å²) in [6, 6.07) is 0.550. The number of carbonyl (C=O) groups excluding carboxylic acids is 1. The average Bonchev–Trinajstić information content (AvgIpc) is 2.14. The van der Waals surface area contributed by atoms with Crippen LogP contribution in [0, 0.1) is 0 Å². The molecule has 1 aliphatic heterocycles. The number of hydrogen-bond acceptors (Lipinski definition) is 3. The highest BCUT2D eigenvalue weighted by molar-refractivity contribution is 5.78. The summed E-state index contributed by atoms with van der Waals surface area (Å²) in [6.07, 6.45) is 2.08. The fraction of sp³-hybridized carbons (Fsp3) is 0.917. The van der Waals surface area contributed by atoms with Crippen LogP contribution in [0.1, 0.15) is 26.7 Å². The van der Waals surface area contributed by atoms with Crippen LogP contribution in [0.4, 0.5) is 0 Å². The van der Waals surface area contributed by atoms with Crippen LogP contribution in [0.3, 0.4) is 0 Å². The van der Waals surface area contributed by atoms with Gasteiger partial charge in [0, 0.05) is 32.2 Å². The number of amides is 1. The lowest BCUT2D eigenvalue weighted by Gasteiger charge is -2.36. The second-order valence-electron chi connectivity index (χ2n) is 4.61. The standard InChI is InChI=1S/C12H25N3O/c1-4-6-15(7-5-2)12(16)10-14(3)11-8-13-9-11/h11,13H,4-10H2,1-3H3. The van der Waals surface area contributed by atoms with Gasteiger partial charge in [-0.05, 0) is 19.9 Å². The van der Waals surface area contributed by atoms with Crippen molar-refractivity contribution < 1.29 is 4.79 Å². The Hall–Kier alpha value is -0.610. The van der Waals surface area contributed by atoms with E-state index in [1.807, 2.05) is 11.9 Å². The number of carbonyl (C=O) groups is 1. The predicted octanol–water partition coefficient (Wildman–Crippen LogP) is 0.539. The third kappa shape index (κ3) is 3.76. The van der Waals surface area contributed by atoms with Crippen LogP contribution in [0.2, 0.25) is 0 Å². The van der Waals surface area contributed by atoms with Crippen molar-refractivity contribution in [2.75, 3.05) is 39.8 Å². The second-order valence-corrected chi connectivity index (χ2v) is 4.61. The molecule has 4 heteroatoms. The fourth-order valence-electron chi connectivity index (χ4n) is 1.93. The summed E-state index contributed by atoms with van der Waals surface area (Å²) in [4.78, 5) is 16.2. The zero-order valence-electron chi connectivity index (χ0n) is 10.8. The minimum absolute atomic E-state index is 0.276. The molecule has 4 nitrogen and oxygen atoms in total. The Labute approximate surface area is 99.0 Å². The number of nitrogens with one attached hydrogen (secondary N) is 1. The summed E-state index contributed by atoms with van der Waals surface area (Å²) in [5.41, 5.74) is 0. The molecule has 1 aliphatic rings. The maximum Gasteiger partial charge on any atom is 0.236 e. The minimum atomic E-state index is 0.276. The van der Waals surface area contributed by atoms with Crippen LogP contribution >= 0.6 is 0 Å². The van der Waals surface area contributed by atoms with Gasteiger partial charge in [-0.2, -0.15) is 0 Å². The molecule has 0 saturated carbocycles. The molecule has 1 amide bonds. The van der Waals surface area contributed by atoms with Crippen LogP contribution in [-0.4, -0.2) is 61.5 Å². The van der Waals surface area contributed by atoms with Crippen molar-refractivity contribution in [3.8, 4) is 0 Å². The minimum Gasteiger partial charge on any atom is -0.342 e. The molecule has 94 valence electrons. The Bertz CT molecular complexity index is 210.